The Labute approximate surface area is 168 Å². The topological polar surface area (TPSA) is 12.4 Å². The Morgan fingerprint density at radius 3 is 2.85 bits per heavy atom. The van der Waals surface area contributed by atoms with Crippen molar-refractivity contribution >= 4 is 28.2 Å². The van der Waals surface area contributed by atoms with Gasteiger partial charge in [0.15, 0.2) is 0 Å². The molecule has 2 heteroatoms. The number of hydrogen-bond acceptors (Lipinski definition) is 2. The van der Waals surface area contributed by atoms with Crippen LogP contribution in [-0.2, 0) is 5.75 Å². The van der Waals surface area contributed by atoms with Gasteiger partial charge in [-0.05, 0) is 71.6 Å². The van der Waals surface area contributed by atoms with Crippen molar-refractivity contribution < 1.29 is 0 Å². The van der Waals surface area contributed by atoms with Crippen LogP contribution in [0.15, 0.2) is 59.1 Å². The fourth-order valence-electron chi connectivity index (χ4n) is 4.34. The number of rotatable bonds is 8. The molecule has 4 rings (SSSR count). The highest BCUT2D eigenvalue weighted by atomic mass is 32.2. The molecular weight excluding hydrogens is 346 g/mol. The molecule has 0 radical (unpaired) electrons. The van der Waals surface area contributed by atoms with E-state index in [9.17, 15) is 0 Å². The van der Waals surface area contributed by atoms with Crippen molar-refractivity contribution in [1.82, 2.24) is 0 Å². The minimum Gasteiger partial charge on any atom is -0.290 e. The highest BCUT2D eigenvalue weighted by Crippen LogP contribution is 2.52. The van der Waals surface area contributed by atoms with Crippen molar-refractivity contribution in [3.05, 3.63) is 59.7 Å². The summed E-state index contributed by atoms with van der Waals surface area (Å²) in [6.07, 6.45) is 7.64. The van der Waals surface area contributed by atoms with Crippen LogP contribution in [0.5, 0.6) is 0 Å². The number of aliphatic imine (C=N–C) groups is 1. The van der Waals surface area contributed by atoms with E-state index in [1.54, 1.807) is 5.57 Å². The molecule has 0 aliphatic heterocycles. The molecule has 2 aromatic carbocycles. The van der Waals surface area contributed by atoms with Gasteiger partial charge in [0.2, 0.25) is 0 Å². The fraction of sp³-hybridized carbons (Fsp3) is 0.480. The summed E-state index contributed by atoms with van der Waals surface area (Å²) in [5.74, 6) is 5.05. The van der Waals surface area contributed by atoms with Gasteiger partial charge < -0.3 is 0 Å². The van der Waals surface area contributed by atoms with Gasteiger partial charge >= 0.3 is 0 Å². The van der Waals surface area contributed by atoms with Crippen molar-refractivity contribution in [2.75, 3.05) is 12.3 Å². The lowest BCUT2D eigenvalue weighted by Gasteiger charge is -2.22. The molecule has 27 heavy (non-hydrogen) atoms. The largest absolute Gasteiger partial charge is 0.290 e. The van der Waals surface area contributed by atoms with Gasteiger partial charge in [0.1, 0.15) is 0 Å². The Bertz CT molecular complexity index is 850. The molecule has 0 N–H and O–H groups in total. The van der Waals surface area contributed by atoms with Crippen LogP contribution in [0.4, 0.5) is 0 Å². The quantitative estimate of drug-likeness (QED) is 0.359. The van der Waals surface area contributed by atoms with Crippen molar-refractivity contribution in [1.29, 1.82) is 0 Å². The third kappa shape index (κ3) is 4.66. The normalized spacial score (nSPS) is 24.6. The first-order chi connectivity index (χ1) is 13.2. The van der Waals surface area contributed by atoms with Gasteiger partial charge in [-0.25, -0.2) is 0 Å². The van der Waals surface area contributed by atoms with Crippen LogP contribution < -0.4 is 0 Å². The third-order valence-electron chi connectivity index (χ3n) is 6.13. The van der Waals surface area contributed by atoms with Crippen molar-refractivity contribution in [2.45, 2.75) is 45.3 Å². The molecule has 0 heterocycles. The van der Waals surface area contributed by atoms with E-state index in [1.165, 1.54) is 53.5 Å². The van der Waals surface area contributed by atoms with Crippen LogP contribution in [0.25, 0.3) is 10.8 Å². The number of fused-ring (bicyclic) bond motifs is 2. The summed E-state index contributed by atoms with van der Waals surface area (Å²) < 4.78 is 0. The van der Waals surface area contributed by atoms with Crippen LogP contribution in [0, 0.1) is 17.8 Å². The molecule has 142 valence electrons. The van der Waals surface area contributed by atoms with Gasteiger partial charge in [0.25, 0.3) is 0 Å². The summed E-state index contributed by atoms with van der Waals surface area (Å²) in [5.41, 5.74) is 4.30. The van der Waals surface area contributed by atoms with Gasteiger partial charge in [-0.3, -0.25) is 4.99 Å². The zero-order valence-corrected chi connectivity index (χ0v) is 17.5. The average Bonchev–Trinajstić information content (AvgIpc) is 3.48. The number of thioether (sulfide) groups is 1. The van der Waals surface area contributed by atoms with Crippen molar-refractivity contribution in [2.24, 2.45) is 22.7 Å². The molecular formula is C25H31NS. The van der Waals surface area contributed by atoms with E-state index in [0.29, 0.717) is 0 Å². The van der Waals surface area contributed by atoms with Gasteiger partial charge in [-0.1, -0.05) is 61.9 Å². The smallest absolute Gasteiger partial charge is 0.0392 e. The molecule has 0 amide bonds. The minimum atomic E-state index is 0.844. The molecule has 1 saturated carbocycles. The van der Waals surface area contributed by atoms with Crippen molar-refractivity contribution in [3.8, 4) is 0 Å². The molecule has 0 saturated heterocycles. The molecule has 0 spiro atoms. The second-order valence-electron chi connectivity index (χ2n) is 8.24. The van der Waals surface area contributed by atoms with Gasteiger partial charge in [0.05, 0.1) is 0 Å². The molecule has 2 aromatic rings. The summed E-state index contributed by atoms with van der Waals surface area (Å²) in [6.45, 7) is 5.46. The van der Waals surface area contributed by atoms with Crippen LogP contribution >= 0.6 is 11.8 Å². The molecule has 1 nitrogen and oxygen atoms in total. The zero-order valence-electron chi connectivity index (χ0n) is 16.7. The number of allylic oxidation sites excluding steroid dienone is 2. The van der Waals surface area contributed by atoms with Crippen LogP contribution in [-0.4, -0.2) is 18.0 Å². The van der Waals surface area contributed by atoms with E-state index in [0.717, 1.165) is 30.1 Å². The molecule has 3 atom stereocenters. The monoisotopic (exact) mass is 377 g/mol. The van der Waals surface area contributed by atoms with Crippen LogP contribution in [0.1, 0.15) is 45.1 Å². The Morgan fingerprint density at radius 2 is 2.00 bits per heavy atom. The lowest BCUT2D eigenvalue weighted by atomic mass is 9.88. The third-order valence-corrected chi connectivity index (χ3v) is 7.34. The maximum absolute atomic E-state index is 4.82. The standard InChI is InChI=1S/C25H31NS/c1-3-4-11-26-18(2)22-13-23-15-25(23)24(14-22)17-27-16-19-9-10-20-7-5-6-8-21(20)12-19/h5-10,12-13,23-25H,3-4,11,14-17H2,1-2H3. The molecule has 2 aliphatic rings. The van der Waals surface area contributed by atoms with Gasteiger partial charge in [0, 0.05) is 18.0 Å². The first-order valence-corrected chi connectivity index (χ1v) is 11.7. The van der Waals surface area contributed by atoms with E-state index < -0.39 is 0 Å². The van der Waals surface area contributed by atoms with Gasteiger partial charge in [-0.15, -0.1) is 0 Å². The minimum absolute atomic E-state index is 0.844. The molecule has 2 aliphatic carbocycles. The summed E-state index contributed by atoms with van der Waals surface area (Å²) in [5, 5.41) is 2.70. The van der Waals surface area contributed by atoms with E-state index >= 15 is 0 Å². The fourth-order valence-corrected chi connectivity index (χ4v) is 5.54. The summed E-state index contributed by atoms with van der Waals surface area (Å²) >= 11 is 2.12. The predicted molar refractivity (Wildman–Crippen MR) is 121 cm³/mol. The first-order valence-electron chi connectivity index (χ1n) is 10.5. The first kappa shape index (κ1) is 18.8. The maximum Gasteiger partial charge on any atom is 0.0392 e. The van der Waals surface area contributed by atoms with E-state index in [-0.39, 0.29) is 0 Å². The van der Waals surface area contributed by atoms with Crippen LogP contribution in [0.3, 0.4) is 0 Å². The molecule has 3 unspecified atom stereocenters. The summed E-state index contributed by atoms with van der Waals surface area (Å²) in [6, 6.07) is 15.6. The Hall–Kier alpha value is -1.54. The lowest BCUT2D eigenvalue weighted by Crippen LogP contribution is -2.16. The highest BCUT2D eigenvalue weighted by Gasteiger charge is 2.44. The Morgan fingerprint density at radius 1 is 1.15 bits per heavy atom. The second kappa shape index (κ2) is 8.65. The van der Waals surface area contributed by atoms with Gasteiger partial charge in [-0.2, -0.15) is 11.8 Å². The molecule has 1 fully saturated rings. The van der Waals surface area contributed by atoms with Crippen LogP contribution in [0.2, 0.25) is 0 Å². The number of nitrogens with zero attached hydrogens (tertiary/aromatic N) is 1. The summed E-state index contributed by atoms with van der Waals surface area (Å²) in [4.78, 5) is 4.82. The van der Waals surface area contributed by atoms with E-state index in [4.69, 9.17) is 4.99 Å². The molecule has 0 aromatic heterocycles. The predicted octanol–water partition coefficient (Wildman–Crippen LogP) is 6.92. The number of unbranched alkanes of at least 4 members (excludes halogenated alkanes) is 1. The SMILES string of the molecule is CCCCN=C(C)C1=CC2CC2C(CSCc2ccc3ccccc3c2)C1. The Balaban J connectivity index is 1.32. The number of benzene rings is 2. The second-order valence-corrected chi connectivity index (χ2v) is 9.27. The highest BCUT2D eigenvalue weighted by molar-refractivity contribution is 7.98. The zero-order chi connectivity index (χ0) is 18.6. The van der Waals surface area contributed by atoms with E-state index in [1.807, 2.05) is 0 Å². The number of hydrogen-bond donors (Lipinski definition) is 0. The summed E-state index contributed by atoms with van der Waals surface area (Å²) in [7, 11) is 0. The average molecular weight is 378 g/mol. The Kier molecular flexibility index (Phi) is 6.02. The molecule has 0 bridgehead atoms. The maximum atomic E-state index is 4.82. The lowest BCUT2D eigenvalue weighted by molar-refractivity contribution is 0.485. The van der Waals surface area contributed by atoms with E-state index in [2.05, 4.69) is 74.1 Å². The van der Waals surface area contributed by atoms with Crippen molar-refractivity contribution in [3.63, 3.8) is 0 Å².